The predicted molar refractivity (Wildman–Crippen MR) is 71.4 cm³/mol. The molecule has 3 aliphatic carbocycles. The van der Waals surface area contributed by atoms with Gasteiger partial charge in [0.25, 0.3) is 0 Å². The Kier molecular flexibility index (Phi) is 3.83. The zero-order valence-corrected chi connectivity index (χ0v) is 12.1. The van der Waals surface area contributed by atoms with Crippen molar-refractivity contribution in [1.29, 1.82) is 0 Å². The smallest absolute Gasteiger partial charge is 0.308 e. The molecule has 18 heavy (non-hydrogen) atoms. The minimum Gasteiger partial charge on any atom is -0.481 e. The summed E-state index contributed by atoms with van der Waals surface area (Å²) in [7, 11) is -1.19. The van der Waals surface area contributed by atoms with Crippen molar-refractivity contribution in [3.05, 3.63) is 0 Å². The van der Waals surface area contributed by atoms with Crippen LogP contribution in [0.15, 0.2) is 0 Å². The van der Waals surface area contributed by atoms with E-state index in [-0.39, 0.29) is 22.6 Å². The number of aliphatic carboxylic acids is 1. The van der Waals surface area contributed by atoms with Crippen molar-refractivity contribution in [2.24, 2.45) is 17.8 Å². The van der Waals surface area contributed by atoms with E-state index >= 15 is 0 Å². The zero-order chi connectivity index (χ0) is 13.5. The Labute approximate surface area is 111 Å². The van der Waals surface area contributed by atoms with Gasteiger partial charge < -0.3 is 5.11 Å². The Morgan fingerprint density at radius 2 is 1.67 bits per heavy atom. The molecule has 0 unspecified atom stereocenters. The van der Waals surface area contributed by atoms with E-state index in [0.717, 1.165) is 25.7 Å². The van der Waals surface area contributed by atoms with Crippen LogP contribution in [0.2, 0.25) is 0 Å². The molecule has 0 saturated heterocycles. The molecule has 4 nitrogen and oxygen atoms in total. The first-order valence-corrected chi connectivity index (χ1v) is 7.86. The van der Waals surface area contributed by atoms with Gasteiger partial charge in [0.05, 0.1) is 21.7 Å². The van der Waals surface area contributed by atoms with Gasteiger partial charge in [-0.25, -0.2) is 8.93 Å². The highest BCUT2D eigenvalue weighted by molar-refractivity contribution is 7.84. The first-order chi connectivity index (χ1) is 8.30. The highest BCUT2D eigenvalue weighted by Gasteiger charge is 2.48. The lowest BCUT2D eigenvalue weighted by molar-refractivity contribution is -0.149. The molecule has 0 heterocycles. The maximum atomic E-state index is 12.2. The number of fused-ring (bicyclic) bond motifs is 3. The third-order valence-corrected chi connectivity index (χ3v) is 5.90. The van der Waals surface area contributed by atoms with E-state index in [1.165, 1.54) is 0 Å². The van der Waals surface area contributed by atoms with Crippen molar-refractivity contribution >= 4 is 17.0 Å². The van der Waals surface area contributed by atoms with Gasteiger partial charge in [0.2, 0.25) is 0 Å². The molecule has 5 heteroatoms. The van der Waals surface area contributed by atoms with Gasteiger partial charge >= 0.3 is 5.97 Å². The normalized spacial score (nSPS) is 37.5. The van der Waals surface area contributed by atoms with Gasteiger partial charge in [-0.1, -0.05) is 0 Å². The number of hydrogen-bond donors (Lipinski definition) is 2. The molecule has 0 spiro atoms. The minimum atomic E-state index is -1.19. The molecule has 2 bridgehead atoms. The Morgan fingerprint density at radius 1 is 1.17 bits per heavy atom. The van der Waals surface area contributed by atoms with Crippen LogP contribution in [0.5, 0.6) is 0 Å². The second kappa shape index (κ2) is 4.93. The molecule has 0 aromatic rings. The van der Waals surface area contributed by atoms with Gasteiger partial charge in [-0.3, -0.25) is 4.79 Å². The van der Waals surface area contributed by atoms with E-state index < -0.39 is 17.0 Å². The Hall–Kier alpha value is -0.420. The zero-order valence-electron chi connectivity index (χ0n) is 11.3. The van der Waals surface area contributed by atoms with E-state index in [2.05, 4.69) is 4.72 Å². The average Bonchev–Trinajstić information content (AvgIpc) is 2.28. The summed E-state index contributed by atoms with van der Waals surface area (Å²) in [6.45, 7) is 5.73. The van der Waals surface area contributed by atoms with Gasteiger partial charge in [0, 0.05) is 6.04 Å². The molecular weight excluding hydrogens is 250 g/mol. The molecule has 2 N–H and O–H groups in total. The quantitative estimate of drug-likeness (QED) is 0.825. The number of nitrogens with one attached hydrogen (secondary N) is 1. The molecule has 3 rings (SSSR count). The first-order valence-electron chi connectivity index (χ1n) is 6.71. The second-order valence-electron chi connectivity index (χ2n) is 6.56. The lowest BCUT2D eigenvalue weighted by Crippen LogP contribution is -2.56. The summed E-state index contributed by atoms with van der Waals surface area (Å²) in [6, 6.07) is -0.116. The molecule has 0 amide bonds. The van der Waals surface area contributed by atoms with E-state index in [9.17, 15) is 14.1 Å². The van der Waals surface area contributed by atoms with Crippen LogP contribution in [0, 0.1) is 17.8 Å². The van der Waals surface area contributed by atoms with Crippen molar-refractivity contribution in [2.75, 3.05) is 0 Å². The lowest BCUT2D eigenvalue weighted by Gasteiger charge is -2.47. The molecule has 0 radical (unpaired) electrons. The van der Waals surface area contributed by atoms with Crippen LogP contribution < -0.4 is 4.72 Å². The maximum Gasteiger partial charge on any atom is 0.308 e. The third-order valence-electron chi connectivity index (χ3n) is 4.30. The van der Waals surface area contributed by atoms with Crippen molar-refractivity contribution in [1.82, 2.24) is 4.72 Å². The van der Waals surface area contributed by atoms with E-state index in [0.29, 0.717) is 5.92 Å². The summed E-state index contributed by atoms with van der Waals surface area (Å²) in [4.78, 5) is 11.4. The standard InChI is InChI=1S/C13H23NO3S/c1-13(2,3)18(17)14-11-9-6-4-8(5-7-9)10(11)12(15)16/h8-11,14H,4-7H2,1-3H3,(H,15,16)/t8?,9?,10-,11-,18-/m0/s1. The van der Waals surface area contributed by atoms with Crippen LogP contribution in [0.1, 0.15) is 46.5 Å². The van der Waals surface area contributed by atoms with Gasteiger partial charge in [0.15, 0.2) is 0 Å². The van der Waals surface area contributed by atoms with Crippen LogP contribution in [0.3, 0.4) is 0 Å². The van der Waals surface area contributed by atoms with Crippen LogP contribution in [0.25, 0.3) is 0 Å². The van der Waals surface area contributed by atoms with E-state index in [4.69, 9.17) is 0 Å². The third kappa shape index (κ3) is 2.62. The van der Waals surface area contributed by atoms with Crippen LogP contribution in [-0.4, -0.2) is 26.1 Å². The topological polar surface area (TPSA) is 66.4 Å². The second-order valence-corrected chi connectivity index (χ2v) is 8.56. The molecule has 104 valence electrons. The minimum absolute atomic E-state index is 0.116. The summed E-state index contributed by atoms with van der Waals surface area (Å²) >= 11 is 0. The molecule has 0 aliphatic heterocycles. The summed E-state index contributed by atoms with van der Waals surface area (Å²) in [5.41, 5.74) is 0. The molecule has 0 aromatic heterocycles. The summed E-state index contributed by atoms with van der Waals surface area (Å²) < 4.78 is 14.9. The highest BCUT2D eigenvalue weighted by atomic mass is 32.2. The number of carboxylic acid groups (broad SMARTS) is 1. The van der Waals surface area contributed by atoms with Gasteiger partial charge in [-0.05, 0) is 58.3 Å². The monoisotopic (exact) mass is 273 g/mol. The van der Waals surface area contributed by atoms with Crippen LogP contribution in [-0.2, 0) is 15.8 Å². The Balaban J connectivity index is 2.14. The maximum absolute atomic E-state index is 12.2. The molecule has 3 fully saturated rings. The van der Waals surface area contributed by atoms with Crippen molar-refractivity contribution in [2.45, 2.75) is 57.2 Å². The van der Waals surface area contributed by atoms with Crippen LogP contribution in [0.4, 0.5) is 0 Å². The number of carbonyl (C=O) groups is 1. The SMILES string of the molecule is CC(C)(C)[S@](=O)N[C@H]1C2CCC(CC2)[C@@H]1C(=O)O. The van der Waals surface area contributed by atoms with Crippen molar-refractivity contribution < 1.29 is 14.1 Å². The van der Waals surface area contributed by atoms with Gasteiger partial charge in [0.1, 0.15) is 0 Å². The van der Waals surface area contributed by atoms with Crippen molar-refractivity contribution in [3.63, 3.8) is 0 Å². The molecule has 3 aliphatic rings. The fourth-order valence-corrected chi connectivity index (χ4v) is 4.21. The molecule has 0 aromatic carbocycles. The highest BCUT2D eigenvalue weighted by Crippen LogP contribution is 2.45. The molecule has 3 atom stereocenters. The summed E-state index contributed by atoms with van der Waals surface area (Å²) in [5.74, 6) is -0.444. The Morgan fingerprint density at radius 3 is 2.11 bits per heavy atom. The summed E-state index contributed by atoms with van der Waals surface area (Å²) in [5, 5.41) is 9.41. The molecule has 3 saturated carbocycles. The molecular formula is C13H23NO3S. The number of carboxylic acids is 1. The average molecular weight is 273 g/mol. The lowest BCUT2D eigenvalue weighted by atomic mass is 9.62. The van der Waals surface area contributed by atoms with Gasteiger partial charge in [-0.15, -0.1) is 0 Å². The number of hydrogen-bond acceptors (Lipinski definition) is 2. The van der Waals surface area contributed by atoms with Crippen molar-refractivity contribution in [3.8, 4) is 0 Å². The first kappa shape index (κ1) is 14.0. The fourth-order valence-electron chi connectivity index (χ4n) is 3.27. The predicted octanol–water partition coefficient (Wildman–Crippen LogP) is 1.93. The summed E-state index contributed by atoms with van der Waals surface area (Å²) in [6.07, 6.45) is 4.19. The fraction of sp³-hybridized carbons (Fsp3) is 0.923. The Bertz CT molecular complexity index is 356. The number of rotatable bonds is 3. The largest absolute Gasteiger partial charge is 0.481 e. The van der Waals surface area contributed by atoms with E-state index in [1.54, 1.807) is 0 Å². The van der Waals surface area contributed by atoms with E-state index in [1.807, 2.05) is 20.8 Å². The van der Waals surface area contributed by atoms with Crippen LogP contribution >= 0.6 is 0 Å². The van der Waals surface area contributed by atoms with Gasteiger partial charge in [-0.2, -0.15) is 0 Å².